The third-order valence-corrected chi connectivity index (χ3v) is 5.19. The second kappa shape index (κ2) is 13.8. The predicted octanol–water partition coefficient (Wildman–Crippen LogP) is 7.54. The third-order valence-electron chi connectivity index (χ3n) is 5.19. The molecule has 187 valence electrons. The molecule has 1 atom stereocenters. The monoisotopic (exact) mass is 639 g/mol. The summed E-state index contributed by atoms with van der Waals surface area (Å²) < 4.78 is 0. The van der Waals surface area contributed by atoms with Gasteiger partial charge in [-0.1, -0.05) is 59.7 Å². The molecule has 0 saturated carbocycles. The Morgan fingerprint density at radius 3 is 2.12 bits per heavy atom. The van der Waals surface area contributed by atoms with Crippen molar-refractivity contribution in [2.24, 2.45) is 11.8 Å². The van der Waals surface area contributed by atoms with E-state index in [0.29, 0.717) is 11.8 Å². The van der Waals surface area contributed by atoms with Crippen LogP contribution >= 0.6 is 0 Å². The van der Waals surface area contributed by atoms with Crippen molar-refractivity contribution < 1.29 is 30.3 Å². The van der Waals surface area contributed by atoms with Crippen LogP contribution in [0.15, 0.2) is 48.4 Å². The molecule has 0 saturated heterocycles. The maximum atomic E-state index is 8.49. The molecule has 3 nitrogen and oxygen atoms in total. The van der Waals surface area contributed by atoms with Crippen LogP contribution < -0.4 is 0 Å². The molecule has 1 heterocycles. The number of nitrogens with zero attached hydrogens (tertiary/aromatic N) is 1. The number of hydrogen-bond acceptors (Lipinski definition) is 3. The average molecular weight is 639 g/mol. The molecule has 34 heavy (non-hydrogen) atoms. The zero-order valence-corrected chi connectivity index (χ0v) is 24.3. The quantitative estimate of drug-likeness (QED) is 0.217. The van der Waals surface area contributed by atoms with Crippen LogP contribution in [0.1, 0.15) is 63.8 Å². The van der Waals surface area contributed by atoms with E-state index in [0.717, 1.165) is 29.7 Å². The normalized spacial score (nSPS) is 12.4. The third kappa shape index (κ3) is 9.33. The van der Waals surface area contributed by atoms with Gasteiger partial charge in [-0.25, -0.2) is 0 Å². The first-order valence-electron chi connectivity index (χ1n) is 11.9. The summed E-state index contributed by atoms with van der Waals surface area (Å²) in [5.41, 5.74) is 7.34. The first-order valence-corrected chi connectivity index (χ1v) is 11.9. The molecule has 0 fully saturated rings. The number of aliphatic hydroxyl groups excluding tert-OH is 2. The van der Waals surface area contributed by atoms with Crippen LogP contribution in [0.4, 0.5) is 0 Å². The summed E-state index contributed by atoms with van der Waals surface area (Å²) in [6, 6.07) is 14.8. The number of aromatic nitrogens is 1. The van der Waals surface area contributed by atoms with E-state index in [1.165, 1.54) is 40.5 Å². The standard InChI is InChI=1S/C25H30N.C5H10O2.Ir/c1-16(2)9-20-7-8-23-24(14-20)22(10-17(3)4)15-26-25(23)21-12-18(5)11-19(6)13-21;1-4(6)3-5(2)7;/h7-8,11-12,14-17H,9-10H2,1-6H3;3-4,6-7H,1-2H3;/q-1;;. The first-order chi connectivity index (χ1) is 15.5. The summed E-state index contributed by atoms with van der Waals surface area (Å²) in [7, 11) is 0. The molecule has 0 aliphatic heterocycles. The number of rotatable bonds is 6. The van der Waals surface area contributed by atoms with Crippen molar-refractivity contribution in [2.45, 2.75) is 74.3 Å². The molecule has 0 aliphatic rings. The summed E-state index contributed by atoms with van der Waals surface area (Å²) >= 11 is 0. The molecule has 1 radical (unpaired) electrons. The van der Waals surface area contributed by atoms with Gasteiger partial charge in [0.05, 0.1) is 11.9 Å². The second-order valence-corrected chi connectivity index (χ2v) is 10.0. The molecule has 0 spiro atoms. The molecule has 4 heteroatoms. The van der Waals surface area contributed by atoms with Gasteiger partial charge in [0.15, 0.2) is 0 Å². The number of aryl methyl sites for hydroxylation is 2. The van der Waals surface area contributed by atoms with Crippen LogP contribution in [0.5, 0.6) is 0 Å². The van der Waals surface area contributed by atoms with Crippen LogP contribution in [0.2, 0.25) is 0 Å². The molecular formula is C30H40IrNO2-. The molecule has 1 aromatic heterocycles. The van der Waals surface area contributed by atoms with Crippen molar-refractivity contribution in [3.8, 4) is 11.3 Å². The molecule has 0 amide bonds. The van der Waals surface area contributed by atoms with Gasteiger partial charge in [-0.15, -0.1) is 34.9 Å². The number of hydrogen-bond donors (Lipinski definition) is 2. The minimum absolute atomic E-state index is 0. The van der Waals surface area contributed by atoms with Crippen molar-refractivity contribution >= 4 is 10.8 Å². The zero-order valence-electron chi connectivity index (χ0n) is 21.9. The van der Waals surface area contributed by atoms with Crippen molar-refractivity contribution in [2.75, 3.05) is 0 Å². The van der Waals surface area contributed by atoms with Gasteiger partial charge in [0.25, 0.3) is 0 Å². The fraction of sp³-hybridized carbons (Fsp3) is 0.433. The van der Waals surface area contributed by atoms with E-state index in [-0.39, 0.29) is 25.9 Å². The van der Waals surface area contributed by atoms with Gasteiger partial charge in [0.2, 0.25) is 0 Å². The summed E-state index contributed by atoms with van der Waals surface area (Å²) in [6.45, 7) is 16.5. The predicted molar refractivity (Wildman–Crippen MR) is 141 cm³/mol. The first kappa shape index (κ1) is 30.0. The van der Waals surface area contributed by atoms with Crippen LogP contribution in [0.3, 0.4) is 0 Å². The summed E-state index contributed by atoms with van der Waals surface area (Å²) in [5, 5.41) is 19.5. The summed E-state index contributed by atoms with van der Waals surface area (Å²) in [6.07, 6.45) is 5.09. The van der Waals surface area contributed by atoms with E-state index in [4.69, 9.17) is 15.2 Å². The van der Waals surface area contributed by atoms with Crippen LogP contribution in [-0.4, -0.2) is 21.3 Å². The molecule has 1 unspecified atom stereocenters. The smallest absolute Gasteiger partial charge is 0.0877 e. The van der Waals surface area contributed by atoms with Crippen molar-refractivity contribution in [1.29, 1.82) is 0 Å². The molecular weight excluding hydrogens is 599 g/mol. The Morgan fingerprint density at radius 1 is 0.971 bits per heavy atom. The number of allylic oxidation sites excluding steroid dienone is 1. The Balaban J connectivity index is 0.000000633. The van der Waals surface area contributed by atoms with E-state index >= 15 is 0 Å². The van der Waals surface area contributed by atoms with E-state index in [1.807, 2.05) is 0 Å². The Labute approximate surface area is 219 Å². The van der Waals surface area contributed by atoms with E-state index in [2.05, 4.69) is 84.1 Å². The fourth-order valence-electron chi connectivity index (χ4n) is 4.13. The SMILES string of the molecule is CC(O)=CC(C)O.Cc1[c-]c(-c2ncc(CC(C)C)c3cc(CC(C)C)ccc23)cc(C)c1.[Ir]. The molecule has 2 N–H and O–H groups in total. The van der Waals surface area contributed by atoms with E-state index < -0.39 is 6.10 Å². The number of pyridine rings is 1. The van der Waals surface area contributed by atoms with Gasteiger partial charge >= 0.3 is 0 Å². The number of benzene rings is 2. The average Bonchev–Trinajstić information content (AvgIpc) is 2.66. The Hall–Kier alpha value is -2.00. The zero-order chi connectivity index (χ0) is 24.7. The maximum absolute atomic E-state index is 8.49. The minimum Gasteiger partial charge on any atom is -0.513 e. The number of fused-ring (bicyclic) bond motifs is 1. The van der Waals surface area contributed by atoms with Gasteiger partial charge in [-0.2, -0.15) is 0 Å². The van der Waals surface area contributed by atoms with Gasteiger partial charge in [0.1, 0.15) is 0 Å². The van der Waals surface area contributed by atoms with Crippen LogP contribution in [0, 0.1) is 31.7 Å². The Morgan fingerprint density at radius 2 is 1.62 bits per heavy atom. The van der Waals surface area contributed by atoms with Crippen LogP contribution in [0.25, 0.3) is 22.0 Å². The Bertz CT molecular complexity index is 1080. The fourth-order valence-corrected chi connectivity index (χ4v) is 4.13. The summed E-state index contributed by atoms with van der Waals surface area (Å²) in [4.78, 5) is 4.87. The van der Waals surface area contributed by atoms with Crippen molar-refractivity contribution in [3.05, 3.63) is 76.7 Å². The van der Waals surface area contributed by atoms with Gasteiger partial charge in [-0.3, -0.25) is 0 Å². The molecule has 3 rings (SSSR count). The topological polar surface area (TPSA) is 53.4 Å². The largest absolute Gasteiger partial charge is 0.513 e. The van der Waals surface area contributed by atoms with Crippen molar-refractivity contribution in [3.63, 3.8) is 0 Å². The molecule has 2 aromatic carbocycles. The van der Waals surface area contributed by atoms with Gasteiger partial charge in [-0.05, 0) is 72.2 Å². The molecule has 0 aliphatic carbocycles. The number of aliphatic hydroxyl groups is 2. The van der Waals surface area contributed by atoms with E-state index in [1.54, 1.807) is 6.92 Å². The van der Waals surface area contributed by atoms with Crippen LogP contribution in [-0.2, 0) is 32.9 Å². The summed E-state index contributed by atoms with van der Waals surface area (Å²) in [5.74, 6) is 1.44. The minimum atomic E-state index is -0.537. The van der Waals surface area contributed by atoms with Gasteiger partial charge < -0.3 is 15.2 Å². The van der Waals surface area contributed by atoms with E-state index in [9.17, 15) is 0 Å². The molecule has 3 aromatic rings. The second-order valence-electron chi connectivity index (χ2n) is 10.0. The maximum Gasteiger partial charge on any atom is 0.0877 e. The molecule has 0 bridgehead atoms. The Kier molecular flexibility index (Phi) is 12.2. The van der Waals surface area contributed by atoms with Crippen molar-refractivity contribution in [1.82, 2.24) is 4.98 Å². The van der Waals surface area contributed by atoms with Gasteiger partial charge in [0, 0.05) is 26.3 Å².